The molecule has 2 rings (SSSR count). The first-order valence-electron chi connectivity index (χ1n) is 7.26. The monoisotopic (exact) mass is 491 g/mol. The van der Waals surface area contributed by atoms with Crippen LogP contribution in [0.3, 0.4) is 0 Å². The molecule has 0 saturated carbocycles. The van der Waals surface area contributed by atoms with Gasteiger partial charge in [0.2, 0.25) is 0 Å². The second-order valence-electron chi connectivity index (χ2n) is 5.00. The van der Waals surface area contributed by atoms with Gasteiger partial charge < -0.3 is 9.47 Å². The summed E-state index contributed by atoms with van der Waals surface area (Å²) in [7, 11) is 1.21. The number of carbonyl (C=O) groups is 3. The summed E-state index contributed by atoms with van der Waals surface area (Å²) in [6.07, 6.45) is 1.60. The molecular formula is C16H15Br2NO5S. The second-order valence-corrected chi connectivity index (χ2v) is 7.70. The number of carbonyl (C=O) groups excluding carboxylic acids is 3. The molecule has 2 amide bonds. The van der Waals surface area contributed by atoms with Crippen LogP contribution < -0.4 is 4.74 Å². The zero-order valence-corrected chi connectivity index (χ0v) is 17.7. The Morgan fingerprint density at radius 2 is 1.92 bits per heavy atom. The van der Waals surface area contributed by atoms with Crippen molar-refractivity contribution in [2.24, 2.45) is 0 Å². The lowest BCUT2D eigenvalue weighted by Gasteiger charge is -2.18. The Bertz CT molecular complexity index is 742. The molecule has 6 nitrogen and oxygen atoms in total. The van der Waals surface area contributed by atoms with E-state index in [1.54, 1.807) is 18.2 Å². The van der Waals surface area contributed by atoms with Crippen LogP contribution in [-0.2, 0) is 14.3 Å². The van der Waals surface area contributed by atoms with E-state index in [0.717, 1.165) is 25.6 Å². The van der Waals surface area contributed by atoms with Crippen molar-refractivity contribution in [1.82, 2.24) is 4.90 Å². The number of halogens is 2. The smallest absolute Gasteiger partial charge is 0.328 e. The van der Waals surface area contributed by atoms with Crippen LogP contribution in [0.2, 0.25) is 0 Å². The van der Waals surface area contributed by atoms with Crippen LogP contribution in [0, 0.1) is 0 Å². The number of amides is 2. The average molecular weight is 493 g/mol. The minimum atomic E-state index is -0.970. The Balaban J connectivity index is 2.32. The van der Waals surface area contributed by atoms with E-state index >= 15 is 0 Å². The molecular weight excluding hydrogens is 478 g/mol. The fourth-order valence-electron chi connectivity index (χ4n) is 2.19. The molecule has 0 N–H and O–H groups in total. The largest absolute Gasteiger partial charge is 0.492 e. The van der Waals surface area contributed by atoms with Gasteiger partial charge in [-0.2, -0.15) is 0 Å². The Kier molecular flexibility index (Phi) is 6.70. The van der Waals surface area contributed by atoms with E-state index in [0.29, 0.717) is 17.9 Å². The van der Waals surface area contributed by atoms with E-state index in [1.807, 2.05) is 6.92 Å². The molecule has 1 aromatic rings. The molecule has 0 radical (unpaired) electrons. The van der Waals surface area contributed by atoms with Gasteiger partial charge in [0.1, 0.15) is 11.8 Å². The fourth-order valence-corrected chi connectivity index (χ4v) is 4.55. The van der Waals surface area contributed by atoms with Crippen molar-refractivity contribution in [2.75, 3.05) is 13.7 Å². The van der Waals surface area contributed by atoms with Crippen LogP contribution in [0.4, 0.5) is 4.79 Å². The summed E-state index contributed by atoms with van der Waals surface area (Å²) in [6.45, 7) is 3.85. The summed E-state index contributed by atoms with van der Waals surface area (Å²) < 4.78 is 11.6. The number of esters is 1. The zero-order valence-electron chi connectivity index (χ0n) is 13.7. The summed E-state index contributed by atoms with van der Waals surface area (Å²) >= 11 is 7.64. The van der Waals surface area contributed by atoms with Crippen LogP contribution in [0.5, 0.6) is 5.75 Å². The van der Waals surface area contributed by atoms with Crippen molar-refractivity contribution in [3.05, 3.63) is 31.5 Å². The third kappa shape index (κ3) is 4.27. The summed E-state index contributed by atoms with van der Waals surface area (Å²) in [5, 5.41) is -0.502. The fraction of sp³-hybridized carbons (Fsp3) is 0.312. The van der Waals surface area contributed by atoms with E-state index in [4.69, 9.17) is 4.74 Å². The lowest BCUT2D eigenvalue weighted by Crippen LogP contribution is -2.42. The third-order valence-corrected chi connectivity index (χ3v) is 5.42. The number of rotatable bonds is 5. The Morgan fingerprint density at radius 1 is 1.32 bits per heavy atom. The summed E-state index contributed by atoms with van der Waals surface area (Å²) in [4.78, 5) is 37.3. The van der Waals surface area contributed by atoms with Crippen molar-refractivity contribution in [1.29, 1.82) is 0 Å². The Hall–Kier alpha value is -1.32. The van der Waals surface area contributed by atoms with Gasteiger partial charge in [-0.1, -0.05) is 0 Å². The third-order valence-electron chi connectivity index (χ3n) is 3.36. The highest BCUT2D eigenvalue weighted by Gasteiger charge is 2.41. The standard InChI is InChI=1S/C16H15Br2NO5S/c1-4-24-13-10(17)5-9(6-11(13)18)7-12-14(20)19(16(22)25-12)8(2)15(21)23-3/h5-8H,4H2,1-3H3/b12-7+/t8-/m1/s1. The quantitative estimate of drug-likeness (QED) is 0.453. The van der Waals surface area contributed by atoms with E-state index in [9.17, 15) is 14.4 Å². The van der Waals surface area contributed by atoms with Crippen molar-refractivity contribution < 1.29 is 23.9 Å². The predicted octanol–water partition coefficient (Wildman–Crippen LogP) is 4.21. The van der Waals surface area contributed by atoms with Crippen LogP contribution in [0.1, 0.15) is 19.4 Å². The molecule has 0 spiro atoms. The van der Waals surface area contributed by atoms with E-state index in [1.165, 1.54) is 14.0 Å². The molecule has 0 bridgehead atoms. The molecule has 1 saturated heterocycles. The number of ether oxygens (including phenoxy) is 2. The van der Waals surface area contributed by atoms with Crippen molar-refractivity contribution >= 4 is 66.8 Å². The molecule has 134 valence electrons. The topological polar surface area (TPSA) is 72.9 Å². The predicted molar refractivity (Wildman–Crippen MR) is 102 cm³/mol. The maximum atomic E-state index is 12.5. The minimum Gasteiger partial charge on any atom is -0.492 e. The molecule has 0 aliphatic carbocycles. The summed E-state index contributed by atoms with van der Waals surface area (Å²) in [6, 6.07) is 2.60. The normalized spacial score (nSPS) is 17.2. The summed E-state index contributed by atoms with van der Waals surface area (Å²) in [5.41, 5.74) is 0.707. The summed E-state index contributed by atoms with van der Waals surface area (Å²) in [5.74, 6) is -0.504. The SMILES string of the molecule is CCOc1c(Br)cc(/C=C2/SC(=O)N([C@H](C)C(=O)OC)C2=O)cc1Br. The zero-order chi connectivity index (χ0) is 18.7. The van der Waals surface area contributed by atoms with Crippen LogP contribution in [0.15, 0.2) is 26.0 Å². The molecule has 1 fully saturated rings. The lowest BCUT2D eigenvalue weighted by molar-refractivity contribution is -0.148. The Morgan fingerprint density at radius 3 is 2.44 bits per heavy atom. The number of benzene rings is 1. The van der Waals surface area contributed by atoms with Crippen molar-refractivity contribution in [3.8, 4) is 5.75 Å². The van der Waals surface area contributed by atoms with Gasteiger partial charge in [0.25, 0.3) is 11.1 Å². The highest BCUT2D eigenvalue weighted by molar-refractivity contribution is 9.11. The Labute approximate surface area is 166 Å². The number of hydrogen-bond acceptors (Lipinski definition) is 6. The highest BCUT2D eigenvalue weighted by atomic mass is 79.9. The molecule has 9 heteroatoms. The molecule has 1 aliphatic rings. The molecule has 1 atom stereocenters. The van der Waals surface area contributed by atoms with Crippen molar-refractivity contribution in [3.63, 3.8) is 0 Å². The van der Waals surface area contributed by atoms with E-state index in [2.05, 4.69) is 36.6 Å². The first kappa shape index (κ1) is 20.0. The molecule has 25 heavy (non-hydrogen) atoms. The van der Waals surface area contributed by atoms with Gasteiger partial charge in [-0.3, -0.25) is 14.5 Å². The molecule has 1 heterocycles. The molecule has 1 aliphatic heterocycles. The number of thioether (sulfide) groups is 1. The number of hydrogen-bond donors (Lipinski definition) is 0. The first-order chi connectivity index (χ1) is 11.8. The minimum absolute atomic E-state index is 0.240. The van der Waals surface area contributed by atoms with Crippen LogP contribution in [0.25, 0.3) is 6.08 Å². The maximum Gasteiger partial charge on any atom is 0.328 e. The van der Waals surface area contributed by atoms with Gasteiger partial charge in [0.15, 0.2) is 0 Å². The first-order valence-corrected chi connectivity index (χ1v) is 9.67. The van der Waals surface area contributed by atoms with E-state index < -0.39 is 23.2 Å². The maximum absolute atomic E-state index is 12.5. The molecule has 0 aromatic heterocycles. The molecule has 0 unspecified atom stereocenters. The second kappa shape index (κ2) is 8.37. The van der Waals surface area contributed by atoms with Gasteiger partial charge in [-0.05, 0) is 81.2 Å². The van der Waals surface area contributed by atoms with Gasteiger partial charge in [0, 0.05) is 0 Å². The number of nitrogens with zero attached hydrogens (tertiary/aromatic N) is 1. The van der Waals surface area contributed by atoms with Crippen LogP contribution >= 0.6 is 43.6 Å². The van der Waals surface area contributed by atoms with Gasteiger partial charge in [-0.25, -0.2) is 4.79 Å². The van der Waals surface area contributed by atoms with Crippen LogP contribution in [-0.4, -0.2) is 41.8 Å². The average Bonchev–Trinajstić information content (AvgIpc) is 2.83. The lowest BCUT2D eigenvalue weighted by atomic mass is 10.2. The number of imide groups is 1. The van der Waals surface area contributed by atoms with Gasteiger partial charge in [0.05, 0.1) is 27.6 Å². The highest BCUT2D eigenvalue weighted by Crippen LogP contribution is 2.38. The van der Waals surface area contributed by atoms with E-state index in [-0.39, 0.29) is 4.91 Å². The number of methoxy groups -OCH3 is 1. The molecule has 1 aromatic carbocycles. The van der Waals surface area contributed by atoms with Gasteiger partial charge >= 0.3 is 5.97 Å². The van der Waals surface area contributed by atoms with Gasteiger partial charge in [-0.15, -0.1) is 0 Å². The van der Waals surface area contributed by atoms with Crippen molar-refractivity contribution in [2.45, 2.75) is 19.9 Å².